The van der Waals surface area contributed by atoms with Crippen molar-refractivity contribution in [1.82, 2.24) is 10.2 Å². The zero-order valence-electron chi connectivity index (χ0n) is 14.6. The van der Waals surface area contributed by atoms with Gasteiger partial charge in [0.25, 0.3) is 0 Å². The molecule has 5 rings (SSSR count). The topological polar surface area (TPSA) is 45.5 Å². The number of amides is 1. The summed E-state index contributed by atoms with van der Waals surface area (Å²) in [5, 5.41) is 3.27. The van der Waals surface area contributed by atoms with Gasteiger partial charge >= 0.3 is 0 Å². The number of alkyl halides is 1. The Hall–Kier alpha value is -0.810. The number of nitrogens with one attached hydrogen (secondary N) is 1. The first-order chi connectivity index (χ1) is 11.4. The quantitative estimate of drug-likeness (QED) is 0.773. The molecule has 132 valence electrons. The summed E-state index contributed by atoms with van der Waals surface area (Å²) in [5.74, 6) is 2.62. The van der Waals surface area contributed by atoms with Crippen molar-refractivity contribution < 1.29 is 9.21 Å². The maximum absolute atomic E-state index is 13.2. The Morgan fingerprint density at radius 1 is 1.38 bits per heavy atom. The van der Waals surface area contributed by atoms with Gasteiger partial charge in [0, 0.05) is 10.9 Å². The zero-order valence-corrected chi connectivity index (χ0v) is 16.1. The van der Waals surface area contributed by atoms with E-state index < -0.39 is 0 Å². The Labute approximate surface area is 152 Å². The van der Waals surface area contributed by atoms with Gasteiger partial charge in [0.15, 0.2) is 0 Å². The zero-order chi connectivity index (χ0) is 16.9. The van der Waals surface area contributed by atoms with Crippen LogP contribution in [0.4, 0.5) is 0 Å². The van der Waals surface area contributed by atoms with E-state index in [0.29, 0.717) is 6.54 Å². The van der Waals surface area contributed by atoms with Crippen molar-refractivity contribution >= 4 is 21.8 Å². The molecule has 0 aromatic carbocycles. The number of nitrogens with zero attached hydrogens (tertiary/aromatic N) is 1. The highest BCUT2D eigenvalue weighted by atomic mass is 79.9. The van der Waals surface area contributed by atoms with E-state index in [2.05, 4.69) is 26.1 Å². The summed E-state index contributed by atoms with van der Waals surface area (Å²) in [5.41, 5.74) is -0.145. The number of hydrogen-bond acceptors (Lipinski definition) is 3. The monoisotopic (exact) mass is 394 g/mol. The Morgan fingerprint density at radius 2 is 2.08 bits per heavy atom. The van der Waals surface area contributed by atoms with Crippen LogP contribution in [-0.4, -0.2) is 35.8 Å². The fourth-order valence-electron chi connectivity index (χ4n) is 5.81. The van der Waals surface area contributed by atoms with Crippen molar-refractivity contribution in [2.45, 2.75) is 48.9 Å². The van der Waals surface area contributed by atoms with Crippen LogP contribution in [0.2, 0.25) is 0 Å². The lowest BCUT2D eigenvalue weighted by molar-refractivity contribution is -0.144. The molecule has 1 heterocycles. The number of carbonyl (C=O) groups is 1. The number of furan rings is 1. The SMILES string of the molecule is CN(C)C(CNC(=O)C12CC3CC(CC(Br)(C3)C1)C2)c1ccco1. The molecule has 1 amide bonds. The van der Waals surface area contributed by atoms with E-state index in [4.69, 9.17) is 4.42 Å². The van der Waals surface area contributed by atoms with E-state index in [9.17, 15) is 4.79 Å². The second kappa shape index (κ2) is 5.87. The highest BCUT2D eigenvalue weighted by Crippen LogP contribution is 2.64. The minimum Gasteiger partial charge on any atom is -0.468 e. The first-order valence-electron chi connectivity index (χ1n) is 9.06. The lowest BCUT2D eigenvalue weighted by Gasteiger charge is -2.59. The Kier molecular flexibility index (Phi) is 4.07. The van der Waals surface area contributed by atoms with Gasteiger partial charge in [-0.1, -0.05) is 15.9 Å². The van der Waals surface area contributed by atoms with Gasteiger partial charge in [0.2, 0.25) is 5.91 Å². The molecule has 1 aromatic heterocycles. The van der Waals surface area contributed by atoms with Gasteiger partial charge < -0.3 is 9.73 Å². The molecule has 24 heavy (non-hydrogen) atoms. The van der Waals surface area contributed by atoms with Crippen molar-refractivity contribution in [3.05, 3.63) is 24.2 Å². The van der Waals surface area contributed by atoms with Gasteiger partial charge in [-0.15, -0.1) is 0 Å². The number of halogens is 1. The van der Waals surface area contributed by atoms with E-state index in [1.54, 1.807) is 6.26 Å². The summed E-state index contributed by atoms with van der Waals surface area (Å²) in [6.07, 6.45) is 8.70. The van der Waals surface area contributed by atoms with Crippen molar-refractivity contribution in [1.29, 1.82) is 0 Å². The summed E-state index contributed by atoms with van der Waals surface area (Å²) < 4.78 is 5.77. The summed E-state index contributed by atoms with van der Waals surface area (Å²) in [6, 6.07) is 3.96. The maximum Gasteiger partial charge on any atom is 0.226 e. The predicted molar refractivity (Wildman–Crippen MR) is 96.9 cm³/mol. The molecule has 1 N–H and O–H groups in total. The fourth-order valence-corrected chi connectivity index (χ4v) is 7.26. The smallest absolute Gasteiger partial charge is 0.226 e. The van der Waals surface area contributed by atoms with Gasteiger partial charge in [0.05, 0.1) is 17.7 Å². The summed E-state index contributed by atoms with van der Waals surface area (Å²) in [7, 11) is 4.05. The van der Waals surface area contributed by atoms with Crippen LogP contribution in [0.1, 0.15) is 50.3 Å². The molecule has 4 nitrogen and oxygen atoms in total. The van der Waals surface area contributed by atoms with Crippen LogP contribution < -0.4 is 5.32 Å². The second-order valence-corrected chi connectivity index (χ2v) is 10.3. The lowest BCUT2D eigenvalue weighted by Crippen LogP contribution is -2.58. The maximum atomic E-state index is 13.2. The highest BCUT2D eigenvalue weighted by Gasteiger charge is 2.59. The summed E-state index contributed by atoms with van der Waals surface area (Å²) in [4.78, 5) is 15.3. The number of hydrogen-bond donors (Lipinski definition) is 1. The molecule has 1 aromatic rings. The van der Waals surface area contributed by atoms with Crippen molar-refractivity contribution in [3.8, 4) is 0 Å². The molecule has 4 saturated carbocycles. The lowest BCUT2D eigenvalue weighted by atomic mass is 9.49. The van der Waals surface area contributed by atoms with Crippen LogP contribution in [-0.2, 0) is 4.79 Å². The third-order valence-corrected chi connectivity index (χ3v) is 7.35. The molecule has 4 aliphatic rings. The molecule has 3 unspecified atom stereocenters. The van der Waals surface area contributed by atoms with Crippen LogP contribution in [0.25, 0.3) is 0 Å². The first-order valence-corrected chi connectivity index (χ1v) is 9.86. The van der Waals surface area contributed by atoms with Crippen molar-refractivity contribution in [2.24, 2.45) is 17.3 Å². The van der Waals surface area contributed by atoms with E-state index in [1.807, 2.05) is 26.2 Å². The molecule has 0 aliphatic heterocycles. The largest absolute Gasteiger partial charge is 0.468 e. The van der Waals surface area contributed by atoms with Gasteiger partial charge in [-0.2, -0.15) is 0 Å². The van der Waals surface area contributed by atoms with Crippen LogP contribution in [0.3, 0.4) is 0 Å². The minimum absolute atomic E-state index is 0.0794. The third kappa shape index (κ3) is 2.84. The molecule has 4 bridgehead atoms. The molecule has 0 spiro atoms. The van der Waals surface area contributed by atoms with Gasteiger partial charge in [-0.25, -0.2) is 0 Å². The molecule has 5 heteroatoms. The Bertz CT molecular complexity index is 599. The van der Waals surface area contributed by atoms with Crippen LogP contribution in [0, 0.1) is 17.3 Å². The first kappa shape index (κ1) is 16.6. The average molecular weight is 395 g/mol. The predicted octanol–water partition coefficient (Wildman–Crippen LogP) is 3.73. The highest BCUT2D eigenvalue weighted by molar-refractivity contribution is 9.10. The molecule has 3 atom stereocenters. The Morgan fingerprint density at radius 3 is 2.62 bits per heavy atom. The van der Waals surface area contributed by atoms with E-state index >= 15 is 0 Å². The number of carbonyl (C=O) groups excluding carboxylic acids is 1. The number of likely N-dealkylation sites (N-methyl/N-ethyl adjacent to an activating group) is 1. The fraction of sp³-hybridized carbons (Fsp3) is 0.737. The van der Waals surface area contributed by atoms with Crippen LogP contribution in [0.15, 0.2) is 22.8 Å². The summed E-state index contributed by atoms with van der Waals surface area (Å²) in [6.45, 7) is 0.603. The van der Waals surface area contributed by atoms with Crippen LogP contribution in [0.5, 0.6) is 0 Å². The normalized spacial score (nSPS) is 38.5. The molecular weight excluding hydrogens is 368 g/mol. The standard InChI is InChI=1S/C19H27BrN2O2/c1-22(2)15(16-4-3-5-24-16)11-21-17(23)18-7-13-6-14(8-18)10-19(20,9-13)12-18/h3-5,13-15H,6-12H2,1-2H3,(H,21,23). The second-order valence-electron chi connectivity index (χ2n) is 8.60. The van der Waals surface area contributed by atoms with Crippen LogP contribution >= 0.6 is 15.9 Å². The molecule has 0 radical (unpaired) electrons. The molecule has 0 saturated heterocycles. The van der Waals surface area contributed by atoms with E-state index in [1.165, 1.54) is 19.3 Å². The van der Waals surface area contributed by atoms with Gasteiger partial charge in [-0.3, -0.25) is 9.69 Å². The minimum atomic E-state index is -0.145. The molecular formula is C19H27BrN2O2. The number of rotatable bonds is 5. The van der Waals surface area contributed by atoms with Gasteiger partial charge in [0.1, 0.15) is 5.76 Å². The third-order valence-electron chi connectivity index (χ3n) is 6.42. The summed E-state index contributed by atoms with van der Waals surface area (Å²) >= 11 is 3.99. The van der Waals surface area contributed by atoms with Crippen molar-refractivity contribution in [2.75, 3.05) is 20.6 Å². The van der Waals surface area contributed by atoms with Crippen molar-refractivity contribution in [3.63, 3.8) is 0 Å². The average Bonchev–Trinajstić information content (AvgIpc) is 2.98. The van der Waals surface area contributed by atoms with E-state index in [-0.39, 0.29) is 21.7 Å². The molecule has 4 fully saturated rings. The van der Waals surface area contributed by atoms with E-state index in [0.717, 1.165) is 36.9 Å². The Balaban J connectivity index is 1.46. The molecule has 4 aliphatic carbocycles. The van der Waals surface area contributed by atoms with Gasteiger partial charge in [-0.05, 0) is 76.6 Å².